The highest BCUT2D eigenvalue weighted by Crippen LogP contribution is 2.32. The molecule has 1 aliphatic heterocycles. The van der Waals surface area contributed by atoms with Crippen LogP contribution in [0.3, 0.4) is 0 Å². The number of nitrogens with zero attached hydrogens (tertiary/aromatic N) is 5. The van der Waals surface area contributed by atoms with E-state index in [0.717, 1.165) is 25.7 Å². The van der Waals surface area contributed by atoms with Gasteiger partial charge in [-0.3, -0.25) is 35.9 Å². The highest BCUT2D eigenvalue weighted by atomic mass is 16.6. The fourth-order valence-corrected chi connectivity index (χ4v) is 3.07. The lowest BCUT2D eigenvalue weighted by molar-refractivity contribution is -0.384. The molecule has 0 bridgehead atoms. The molecular weight excluding hydrogens is 382 g/mol. The Morgan fingerprint density at radius 3 is 2.21 bits per heavy atom. The lowest BCUT2D eigenvalue weighted by Crippen LogP contribution is -2.31. The number of rotatable bonds is 6. The predicted molar refractivity (Wildman–Crippen MR) is 104 cm³/mol. The maximum absolute atomic E-state index is 12.2. The maximum atomic E-state index is 12.2. The standard InChI is InChI=1S/C17H19N7O5/c25-17(12-5-7-13(8-6-12)23(26)27)21-20-15-14(24(28)29)16(19-11-18-15)22-9-3-1-2-4-10-22/h5-8,11H,1-4,9-10H2,(H,21,25)(H,18,19,20). The molecule has 2 N–H and O–H groups in total. The molecule has 0 atom stereocenters. The summed E-state index contributed by atoms with van der Waals surface area (Å²) < 4.78 is 0. The van der Waals surface area contributed by atoms with Crippen molar-refractivity contribution in [3.05, 3.63) is 56.4 Å². The molecule has 0 radical (unpaired) electrons. The Hall–Kier alpha value is -3.83. The van der Waals surface area contributed by atoms with Crippen molar-refractivity contribution in [2.75, 3.05) is 23.4 Å². The molecule has 12 heteroatoms. The van der Waals surface area contributed by atoms with Crippen LogP contribution < -0.4 is 15.8 Å². The Morgan fingerprint density at radius 1 is 0.966 bits per heavy atom. The number of benzene rings is 1. The Labute approximate surface area is 165 Å². The topological polar surface area (TPSA) is 156 Å². The van der Waals surface area contributed by atoms with Crippen molar-refractivity contribution in [2.45, 2.75) is 25.7 Å². The molecule has 1 fully saturated rings. The minimum atomic E-state index is -0.621. The summed E-state index contributed by atoms with van der Waals surface area (Å²) in [4.78, 5) is 43.3. The molecule has 0 spiro atoms. The zero-order chi connectivity index (χ0) is 20.8. The van der Waals surface area contributed by atoms with Gasteiger partial charge in [0, 0.05) is 30.8 Å². The number of aromatic nitrogens is 2. The minimum Gasteiger partial charge on any atom is -0.351 e. The van der Waals surface area contributed by atoms with Gasteiger partial charge < -0.3 is 4.90 Å². The predicted octanol–water partition coefficient (Wildman–Crippen LogP) is 2.43. The van der Waals surface area contributed by atoms with Crippen molar-refractivity contribution in [1.82, 2.24) is 15.4 Å². The van der Waals surface area contributed by atoms with Gasteiger partial charge in [-0.1, -0.05) is 12.8 Å². The minimum absolute atomic E-state index is 0.139. The average molecular weight is 401 g/mol. The van der Waals surface area contributed by atoms with Gasteiger partial charge >= 0.3 is 5.69 Å². The number of hydrogen-bond acceptors (Lipinski definition) is 9. The lowest BCUT2D eigenvalue weighted by Gasteiger charge is -2.21. The number of nitro groups is 2. The summed E-state index contributed by atoms with van der Waals surface area (Å²) in [6.45, 7) is 1.32. The van der Waals surface area contributed by atoms with Gasteiger partial charge in [-0.2, -0.15) is 0 Å². The third kappa shape index (κ3) is 4.72. The number of anilines is 2. The summed E-state index contributed by atoms with van der Waals surface area (Å²) >= 11 is 0. The molecule has 0 saturated carbocycles. The normalized spacial score (nSPS) is 14.0. The van der Waals surface area contributed by atoms with Crippen LogP contribution in [-0.2, 0) is 0 Å². The first-order valence-electron chi connectivity index (χ1n) is 9.02. The molecule has 152 valence electrons. The zero-order valence-electron chi connectivity index (χ0n) is 15.4. The third-order valence-electron chi connectivity index (χ3n) is 4.53. The number of amides is 1. The van der Waals surface area contributed by atoms with E-state index in [1.807, 2.05) is 4.90 Å². The first kappa shape index (κ1) is 19.9. The Bertz CT molecular complexity index is 911. The molecule has 1 aromatic heterocycles. The number of carbonyl (C=O) groups is 1. The van der Waals surface area contributed by atoms with Crippen molar-refractivity contribution in [1.29, 1.82) is 0 Å². The third-order valence-corrected chi connectivity index (χ3v) is 4.53. The Kier molecular flexibility index (Phi) is 6.12. The lowest BCUT2D eigenvalue weighted by atomic mass is 10.2. The van der Waals surface area contributed by atoms with E-state index >= 15 is 0 Å². The molecule has 2 aromatic rings. The van der Waals surface area contributed by atoms with Gasteiger partial charge in [-0.15, -0.1) is 0 Å². The van der Waals surface area contributed by atoms with Crippen LogP contribution in [-0.4, -0.2) is 38.8 Å². The van der Waals surface area contributed by atoms with E-state index in [0.29, 0.717) is 13.1 Å². The van der Waals surface area contributed by atoms with Crippen LogP contribution in [0.15, 0.2) is 30.6 Å². The van der Waals surface area contributed by atoms with E-state index in [9.17, 15) is 25.0 Å². The van der Waals surface area contributed by atoms with E-state index in [-0.39, 0.29) is 28.6 Å². The average Bonchev–Trinajstić information content (AvgIpc) is 3.01. The van der Waals surface area contributed by atoms with E-state index in [1.165, 1.54) is 30.6 Å². The second-order valence-electron chi connectivity index (χ2n) is 6.44. The first-order chi connectivity index (χ1) is 14.0. The molecule has 12 nitrogen and oxygen atoms in total. The number of hydrazine groups is 1. The summed E-state index contributed by atoms with van der Waals surface area (Å²) in [5.74, 6) is -0.553. The molecule has 3 rings (SSSR count). The van der Waals surface area contributed by atoms with E-state index in [2.05, 4.69) is 20.8 Å². The highest BCUT2D eigenvalue weighted by molar-refractivity contribution is 5.95. The van der Waals surface area contributed by atoms with Crippen molar-refractivity contribution in [2.24, 2.45) is 0 Å². The van der Waals surface area contributed by atoms with Crippen LogP contribution in [0.1, 0.15) is 36.0 Å². The van der Waals surface area contributed by atoms with Crippen molar-refractivity contribution in [3.63, 3.8) is 0 Å². The molecule has 1 aliphatic rings. The maximum Gasteiger partial charge on any atom is 0.355 e. The Balaban J connectivity index is 1.77. The van der Waals surface area contributed by atoms with Crippen molar-refractivity contribution < 1.29 is 14.6 Å². The SMILES string of the molecule is O=C(NNc1ncnc(N2CCCCCC2)c1[N+](=O)[O-])c1ccc([N+](=O)[O-])cc1. The molecule has 1 saturated heterocycles. The van der Waals surface area contributed by atoms with Gasteiger partial charge in [0.25, 0.3) is 11.6 Å². The highest BCUT2D eigenvalue weighted by Gasteiger charge is 2.27. The fraction of sp³-hybridized carbons (Fsp3) is 0.353. The quantitative estimate of drug-likeness (QED) is 0.548. The monoisotopic (exact) mass is 401 g/mol. The van der Waals surface area contributed by atoms with Gasteiger partial charge in [-0.25, -0.2) is 9.97 Å². The molecular formula is C17H19N7O5. The fourth-order valence-electron chi connectivity index (χ4n) is 3.07. The zero-order valence-corrected chi connectivity index (χ0v) is 15.4. The number of nitrogens with one attached hydrogen (secondary N) is 2. The van der Waals surface area contributed by atoms with Crippen LogP contribution in [0, 0.1) is 20.2 Å². The molecule has 2 heterocycles. The second kappa shape index (κ2) is 8.91. The Morgan fingerprint density at radius 2 is 1.62 bits per heavy atom. The summed E-state index contributed by atoms with van der Waals surface area (Å²) in [6.07, 6.45) is 5.16. The number of non-ortho nitro benzene ring substituents is 1. The summed E-state index contributed by atoms with van der Waals surface area (Å²) in [5.41, 5.74) is 4.48. The number of carbonyl (C=O) groups excluding carboxylic acids is 1. The largest absolute Gasteiger partial charge is 0.355 e. The van der Waals surface area contributed by atoms with Gasteiger partial charge in [0.05, 0.1) is 9.85 Å². The van der Waals surface area contributed by atoms with Gasteiger partial charge in [0.15, 0.2) is 0 Å². The molecule has 0 unspecified atom stereocenters. The number of nitro benzene ring substituents is 1. The van der Waals surface area contributed by atoms with Crippen molar-refractivity contribution >= 4 is 28.9 Å². The molecule has 1 aromatic carbocycles. The van der Waals surface area contributed by atoms with Gasteiger partial charge in [-0.05, 0) is 25.0 Å². The van der Waals surface area contributed by atoms with Crippen LogP contribution in [0.25, 0.3) is 0 Å². The molecule has 1 amide bonds. The first-order valence-corrected chi connectivity index (χ1v) is 9.02. The van der Waals surface area contributed by atoms with Gasteiger partial charge in [0.1, 0.15) is 6.33 Å². The summed E-state index contributed by atoms with van der Waals surface area (Å²) in [6, 6.07) is 4.96. The van der Waals surface area contributed by atoms with E-state index in [4.69, 9.17) is 0 Å². The van der Waals surface area contributed by atoms with E-state index in [1.54, 1.807) is 0 Å². The smallest absolute Gasteiger partial charge is 0.351 e. The van der Waals surface area contributed by atoms with Crippen LogP contribution in [0.2, 0.25) is 0 Å². The van der Waals surface area contributed by atoms with Crippen LogP contribution >= 0.6 is 0 Å². The summed E-state index contributed by atoms with van der Waals surface area (Å²) in [5, 5.41) is 22.4. The molecule has 29 heavy (non-hydrogen) atoms. The number of hydrogen-bond donors (Lipinski definition) is 2. The second-order valence-corrected chi connectivity index (χ2v) is 6.44. The van der Waals surface area contributed by atoms with E-state index < -0.39 is 15.8 Å². The van der Waals surface area contributed by atoms with Gasteiger partial charge in [0.2, 0.25) is 11.6 Å². The molecule has 0 aliphatic carbocycles. The van der Waals surface area contributed by atoms with Crippen molar-refractivity contribution in [3.8, 4) is 0 Å². The van der Waals surface area contributed by atoms with Crippen LogP contribution in [0.4, 0.5) is 23.0 Å². The summed E-state index contributed by atoms with van der Waals surface area (Å²) in [7, 11) is 0. The van der Waals surface area contributed by atoms with Crippen LogP contribution in [0.5, 0.6) is 0 Å².